The summed E-state index contributed by atoms with van der Waals surface area (Å²) in [6.07, 6.45) is 1.94. The molecule has 0 radical (unpaired) electrons. The summed E-state index contributed by atoms with van der Waals surface area (Å²) in [5.41, 5.74) is 1.05. The average Bonchev–Trinajstić information content (AvgIpc) is 2.90. The summed E-state index contributed by atoms with van der Waals surface area (Å²) in [7, 11) is 1.67. The molecule has 1 fully saturated rings. The van der Waals surface area contributed by atoms with Gasteiger partial charge in [0.05, 0.1) is 6.04 Å². The number of hydrogen-bond acceptors (Lipinski definition) is 3. The van der Waals surface area contributed by atoms with Gasteiger partial charge < -0.3 is 0 Å². The van der Waals surface area contributed by atoms with Crippen LogP contribution in [-0.2, 0) is 4.79 Å². The Hall–Kier alpha value is -2.18. The molecule has 112 valence electrons. The zero-order valence-electron chi connectivity index (χ0n) is 13.0. The van der Waals surface area contributed by atoms with Gasteiger partial charge in [0.1, 0.15) is 11.9 Å². The molecule has 2 aliphatic rings. The van der Waals surface area contributed by atoms with Gasteiger partial charge in [-0.05, 0) is 27.7 Å². The Morgan fingerprint density at radius 1 is 1.38 bits per heavy atom. The van der Waals surface area contributed by atoms with E-state index in [2.05, 4.69) is 23.4 Å². The zero-order valence-corrected chi connectivity index (χ0v) is 13.0. The quantitative estimate of drug-likeness (QED) is 0.767. The van der Waals surface area contributed by atoms with Crippen molar-refractivity contribution < 1.29 is 14.2 Å². The monoisotopic (exact) mass is 290 g/mol. The fraction of sp³-hybridized carbons (Fsp3) is 0.571. The largest absolute Gasteiger partial charge is 0.402 e. The molecule has 7 nitrogen and oxygen atoms in total. The van der Waals surface area contributed by atoms with Gasteiger partial charge in [-0.2, -0.15) is 0 Å². The van der Waals surface area contributed by atoms with Gasteiger partial charge in [0.15, 0.2) is 0 Å². The minimum absolute atomic E-state index is 0.205. The summed E-state index contributed by atoms with van der Waals surface area (Å²) in [5, 5.41) is 0. The van der Waals surface area contributed by atoms with Crippen molar-refractivity contribution in [2.45, 2.75) is 39.8 Å². The fourth-order valence-corrected chi connectivity index (χ4v) is 3.13. The Morgan fingerprint density at radius 3 is 2.62 bits per heavy atom. The summed E-state index contributed by atoms with van der Waals surface area (Å²) in [4.78, 5) is 32.1. The molecule has 0 saturated carbocycles. The molecule has 3 rings (SSSR count). The van der Waals surface area contributed by atoms with Gasteiger partial charge in [-0.3, -0.25) is 14.6 Å². The Kier molecular flexibility index (Phi) is 2.89. The van der Waals surface area contributed by atoms with Crippen LogP contribution in [0.4, 0.5) is 10.7 Å². The molecule has 0 N–H and O–H groups in total. The van der Waals surface area contributed by atoms with E-state index in [0.29, 0.717) is 12.4 Å². The number of fused-ring (bicyclic) bond motifs is 3. The van der Waals surface area contributed by atoms with Crippen molar-refractivity contribution >= 4 is 23.7 Å². The maximum Gasteiger partial charge on any atom is 0.402 e. The predicted octanol–water partition coefficient (Wildman–Crippen LogP) is 1.16. The minimum atomic E-state index is -0.527. The molecular weight excluding hydrogens is 270 g/mol. The first-order valence-electron chi connectivity index (χ1n) is 7.19. The second-order valence-corrected chi connectivity index (χ2v) is 5.74. The lowest BCUT2D eigenvalue weighted by molar-refractivity contribution is -0.677. The average molecular weight is 290 g/mol. The van der Waals surface area contributed by atoms with Crippen LogP contribution < -0.4 is 4.57 Å². The normalized spacial score (nSPS) is 21.0. The summed E-state index contributed by atoms with van der Waals surface area (Å²) in [6.45, 7) is 8.32. The van der Waals surface area contributed by atoms with E-state index in [9.17, 15) is 9.59 Å². The number of likely N-dealkylation sites (N-methyl/N-ethyl adjacent to an activating group) is 2. The number of carbonyl (C=O) groups excluding carboxylic acids is 2. The molecule has 7 heteroatoms. The number of imide groups is 1. The first kappa shape index (κ1) is 13.8. The highest BCUT2D eigenvalue weighted by Gasteiger charge is 2.52. The molecule has 1 saturated heterocycles. The highest BCUT2D eigenvalue weighted by atomic mass is 16.2. The number of nitrogens with zero attached hydrogens (tertiary/aromatic N) is 5. The van der Waals surface area contributed by atoms with Crippen LogP contribution in [0, 0.1) is 6.92 Å². The van der Waals surface area contributed by atoms with E-state index in [1.54, 1.807) is 14.0 Å². The number of hydrogen-bond donors (Lipinski definition) is 0. The number of carbonyl (C=O) groups is 2. The van der Waals surface area contributed by atoms with Crippen LogP contribution in [0.5, 0.6) is 0 Å². The lowest BCUT2D eigenvalue weighted by Crippen LogP contribution is -2.62. The van der Waals surface area contributed by atoms with Crippen molar-refractivity contribution in [3.05, 3.63) is 11.9 Å². The van der Waals surface area contributed by atoms with E-state index in [-0.39, 0.29) is 18.0 Å². The van der Waals surface area contributed by atoms with Crippen molar-refractivity contribution in [3.63, 3.8) is 0 Å². The summed E-state index contributed by atoms with van der Waals surface area (Å²) < 4.78 is 3.95. The van der Waals surface area contributed by atoms with Gasteiger partial charge in [-0.25, -0.2) is 13.9 Å². The smallest absolute Gasteiger partial charge is 0.270 e. The van der Waals surface area contributed by atoms with Gasteiger partial charge in [0.2, 0.25) is 11.9 Å². The maximum atomic E-state index is 12.6. The molecule has 0 bridgehead atoms. The number of aryl methyl sites for hydroxylation is 1. The Bertz CT molecular complexity index is 673. The molecule has 1 atom stereocenters. The SMILES string of the molecule is CCN1C(=O)C2C(=Nc3n(C(C)C)c(C)c[n+]32)N(C)C1=O. The number of rotatable bonds is 2. The topological polar surface area (TPSA) is 61.8 Å². The molecule has 1 aromatic heterocycles. The van der Waals surface area contributed by atoms with Crippen LogP contribution in [0.2, 0.25) is 0 Å². The first-order valence-corrected chi connectivity index (χ1v) is 7.19. The van der Waals surface area contributed by atoms with Crippen LogP contribution in [-0.4, -0.2) is 45.7 Å². The highest BCUT2D eigenvalue weighted by molar-refractivity contribution is 6.19. The zero-order chi connectivity index (χ0) is 15.5. The van der Waals surface area contributed by atoms with Gasteiger partial charge in [0.25, 0.3) is 5.91 Å². The van der Waals surface area contributed by atoms with Gasteiger partial charge in [0, 0.05) is 13.6 Å². The van der Waals surface area contributed by atoms with Crippen LogP contribution in [0.1, 0.15) is 38.5 Å². The molecule has 2 aliphatic heterocycles. The molecule has 3 amide bonds. The molecule has 0 aromatic carbocycles. The van der Waals surface area contributed by atoms with Crippen LogP contribution in [0.15, 0.2) is 11.2 Å². The second kappa shape index (κ2) is 4.41. The van der Waals surface area contributed by atoms with E-state index in [1.807, 2.05) is 17.7 Å². The van der Waals surface area contributed by atoms with Crippen molar-refractivity contribution in [2.24, 2.45) is 4.99 Å². The van der Waals surface area contributed by atoms with E-state index < -0.39 is 6.04 Å². The Morgan fingerprint density at radius 2 is 2.05 bits per heavy atom. The maximum absolute atomic E-state index is 12.6. The van der Waals surface area contributed by atoms with Crippen LogP contribution >= 0.6 is 0 Å². The van der Waals surface area contributed by atoms with E-state index in [0.717, 1.165) is 11.6 Å². The summed E-state index contributed by atoms with van der Waals surface area (Å²) >= 11 is 0. The van der Waals surface area contributed by atoms with Crippen molar-refractivity contribution in [1.29, 1.82) is 0 Å². The highest BCUT2D eigenvalue weighted by Crippen LogP contribution is 2.30. The van der Waals surface area contributed by atoms with E-state index in [4.69, 9.17) is 0 Å². The minimum Gasteiger partial charge on any atom is -0.270 e. The third-order valence-corrected chi connectivity index (χ3v) is 4.08. The van der Waals surface area contributed by atoms with Crippen molar-refractivity contribution in [1.82, 2.24) is 14.4 Å². The third kappa shape index (κ3) is 1.66. The summed E-state index contributed by atoms with van der Waals surface area (Å²) in [6, 6.07) is -0.596. The lowest BCUT2D eigenvalue weighted by Gasteiger charge is -2.32. The molecule has 1 aromatic rings. The first-order chi connectivity index (χ1) is 9.88. The van der Waals surface area contributed by atoms with E-state index in [1.165, 1.54) is 9.80 Å². The number of amidine groups is 1. The lowest BCUT2D eigenvalue weighted by atomic mass is 10.1. The van der Waals surface area contributed by atoms with Crippen LogP contribution in [0.25, 0.3) is 0 Å². The predicted molar refractivity (Wildman–Crippen MR) is 76.4 cm³/mol. The fourth-order valence-electron chi connectivity index (χ4n) is 3.13. The molecule has 3 heterocycles. The Labute approximate surface area is 123 Å². The standard InChI is InChI=1S/C14H20N5O2/c1-6-17-12(20)10-11(16(5)14(17)21)15-13-18(10)7-9(4)19(13)8(2)3/h7-8,10H,6H2,1-5H3/q+1. The van der Waals surface area contributed by atoms with Gasteiger partial charge >= 0.3 is 12.0 Å². The molecule has 21 heavy (non-hydrogen) atoms. The molecular formula is C14H20N5O2+. The molecule has 0 aliphatic carbocycles. The van der Waals surface area contributed by atoms with Gasteiger partial charge in [-0.1, -0.05) is 4.99 Å². The second-order valence-electron chi connectivity index (χ2n) is 5.74. The molecule has 1 unspecified atom stereocenters. The van der Waals surface area contributed by atoms with Crippen molar-refractivity contribution in [2.75, 3.05) is 13.6 Å². The number of aromatic nitrogens is 2. The van der Waals surface area contributed by atoms with Crippen molar-refractivity contribution in [3.8, 4) is 0 Å². The van der Waals surface area contributed by atoms with Crippen LogP contribution in [0.3, 0.4) is 0 Å². The number of amides is 3. The Balaban J connectivity index is 2.17. The third-order valence-electron chi connectivity index (χ3n) is 4.08. The summed E-state index contributed by atoms with van der Waals surface area (Å²) in [5.74, 6) is 1.04. The molecule has 0 spiro atoms. The number of aliphatic imine (C=N–C) groups is 1. The van der Waals surface area contributed by atoms with E-state index >= 15 is 0 Å². The number of imidazole rings is 1. The number of urea groups is 1. The van der Waals surface area contributed by atoms with Gasteiger partial charge in [-0.15, -0.1) is 0 Å².